The first-order valence-corrected chi connectivity index (χ1v) is 8.04. The Labute approximate surface area is 141 Å². The number of nitrogen functional groups attached to an aromatic ring is 1. The molecule has 0 aliphatic carbocycles. The van der Waals surface area contributed by atoms with Gasteiger partial charge in [-0.25, -0.2) is 0 Å². The van der Waals surface area contributed by atoms with Crippen molar-refractivity contribution in [3.8, 4) is 5.75 Å². The van der Waals surface area contributed by atoms with Gasteiger partial charge < -0.3 is 10.5 Å². The molecule has 0 bridgehead atoms. The Bertz CT molecular complexity index is 596. The quantitative estimate of drug-likeness (QED) is 0.577. The molecule has 0 radical (unpaired) electrons. The summed E-state index contributed by atoms with van der Waals surface area (Å²) >= 11 is 16.4. The van der Waals surface area contributed by atoms with E-state index in [-0.39, 0.29) is 0 Å². The second-order valence-corrected chi connectivity index (χ2v) is 6.87. The van der Waals surface area contributed by atoms with Gasteiger partial charge in [0.25, 0.3) is 0 Å². The highest BCUT2D eigenvalue weighted by Gasteiger charge is 2.09. The Balaban J connectivity index is 2.19. The van der Waals surface area contributed by atoms with E-state index in [1.807, 2.05) is 18.2 Å². The highest BCUT2D eigenvalue weighted by molar-refractivity contribution is 9.11. The number of anilines is 1. The van der Waals surface area contributed by atoms with Gasteiger partial charge in [-0.15, -0.1) is 0 Å². The molecule has 0 atom stereocenters. The van der Waals surface area contributed by atoms with Gasteiger partial charge in [0, 0.05) is 20.7 Å². The average molecular weight is 470 g/mol. The number of hydrogen-bond acceptors (Lipinski definition) is 2. The smallest absolute Gasteiger partial charge is 0.148 e. The summed E-state index contributed by atoms with van der Waals surface area (Å²) in [6, 6.07) is 9.22. The molecule has 19 heavy (non-hydrogen) atoms. The molecular weight excluding hydrogens is 461 g/mol. The van der Waals surface area contributed by atoms with Crippen LogP contribution >= 0.6 is 59.4 Å². The van der Waals surface area contributed by atoms with Crippen LogP contribution in [-0.2, 0) is 6.61 Å². The predicted octanol–water partition coefficient (Wildman–Crippen LogP) is 5.79. The first-order chi connectivity index (χ1) is 8.97. The lowest BCUT2D eigenvalue weighted by molar-refractivity contribution is 0.302. The van der Waals surface area contributed by atoms with E-state index in [1.165, 1.54) is 0 Å². The van der Waals surface area contributed by atoms with Gasteiger partial charge >= 0.3 is 0 Å². The normalized spacial score (nSPS) is 10.5. The second kappa shape index (κ2) is 6.48. The number of benzene rings is 2. The molecule has 2 N–H and O–H groups in total. The van der Waals surface area contributed by atoms with Crippen LogP contribution in [0.5, 0.6) is 5.75 Å². The molecule has 0 unspecified atom stereocenters. The Morgan fingerprint density at radius 1 is 1.05 bits per heavy atom. The van der Waals surface area contributed by atoms with E-state index in [4.69, 9.17) is 22.1 Å². The van der Waals surface area contributed by atoms with Gasteiger partial charge in [-0.05, 0) is 56.1 Å². The number of nitrogens with two attached hydrogens (primary N) is 1. The maximum atomic E-state index is 6.11. The fourth-order valence-electron chi connectivity index (χ4n) is 1.50. The van der Waals surface area contributed by atoms with Crippen LogP contribution in [0.4, 0.5) is 5.69 Å². The first-order valence-electron chi connectivity index (χ1n) is 5.28. The summed E-state index contributed by atoms with van der Waals surface area (Å²) in [5.74, 6) is 0.732. The molecular formula is C13H9Br3ClNO. The summed E-state index contributed by atoms with van der Waals surface area (Å²) in [5, 5.41) is 0.601. The minimum absolute atomic E-state index is 0.373. The molecule has 0 aliphatic rings. The molecule has 0 spiro atoms. The maximum Gasteiger partial charge on any atom is 0.148 e. The van der Waals surface area contributed by atoms with Gasteiger partial charge in [-0.2, -0.15) is 0 Å². The number of rotatable bonds is 3. The lowest BCUT2D eigenvalue weighted by Gasteiger charge is -2.12. The lowest BCUT2D eigenvalue weighted by Crippen LogP contribution is -1.98. The van der Waals surface area contributed by atoms with Gasteiger partial charge in [0.1, 0.15) is 12.4 Å². The van der Waals surface area contributed by atoms with E-state index < -0.39 is 0 Å². The highest BCUT2D eigenvalue weighted by atomic mass is 79.9. The highest BCUT2D eigenvalue weighted by Crippen LogP contribution is 2.37. The van der Waals surface area contributed by atoms with Crippen LogP contribution in [0.15, 0.2) is 43.7 Å². The van der Waals surface area contributed by atoms with E-state index in [1.54, 1.807) is 12.1 Å². The van der Waals surface area contributed by atoms with Gasteiger partial charge in [0.2, 0.25) is 0 Å². The van der Waals surface area contributed by atoms with Gasteiger partial charge in [0.15, 0.2) is 0 Å². The Hall–Kier alpha value is -0.230. The zero-order valence-corrected chi connectivity index (χ0v) is 15.1. The van der Waals surface area contributed by atoms with E-state index in [0.717, 1.165) is 24.7 Å². The van der Waals surface area contributed by atoms with E-state index >= 15 is 0 Å². The molecule has 0 heterocycles. The SMILES string of the molecule is Nc1ccc(COc2c(Br)cc(Br)cc2Br)c(Cl)c1. The molecule has 2 aromatic rings. The molecule has 0 aromatic heterocycles. The molecule has 0 amide bonds. The van der Waals surface area contributed by atoms with Crippen molar-refractivity contribution in [2.24, 2.45) is 0 Å². The fraction of sp³-hybridized carbons (Fsp3) is 0.0769. The molecule has 2 nitrogen and oxygen atoms in total. The zero-order chi connectivity index (χ0) is 14.0. The van der Waals surface area contributed by atoms with Crippen molar-refractivity contribution in [3.63, 3.8) is 0 Å². The molecule has 0 aliphatic heterocycles. The van der Waals surface area contributed by atoms with Crippen LogP contribution in [0.25, 0.3) is 0 Å². The maximum absolute atomic E-state index is 6.11. The summed E-state index contributed by atoms with van der Waals surface area (Å²) in [5.41, 5.74) is 7.18. The van der Waals surface area contributed by atoms with Crippen LogP contribution in [0.2, 0.25) is 5.02 Å². The van der Waals surface area contributed by atoms with E-state index in [9.17, 15) is 0 Å². The summed E-state index contributed by atoms with van der Waals surface area (Å²) < 4.78 is 8.47. The third-order valence-corrected chi connectivity index (χ3v) is 4.40. The third-order valence-electron chi connectivity index (χ3n) is 2.41. The Morgan fingerprint density at radius 3 is 2.26 bits per heavy atom. The number of ether oxygens (including phenoxy) is 1. The number of hydrogen-bond donors (Lipinski definition) is 1. The molecule has 100 valence electrons. The van der Waals surface area contributed by atoms with E-state index in [0.29, 0.717) is 17.3 Å². The van der Waals surface area contributed by atoms with Gasteiger partial charge in [-0.3, -0.25) is 0 Å². The van der Waals surface area contributed by atoms with Crippen LogP contribution < -0.4 is 10.5 Å². The van der Waals surface area contributed by atoms with Gasteiger partial charge in [-0.1, -0.05) is 33.6 Å². The molecule has 6 heteroatoms. The monoisotopic (exact) mass is 467 g/mol. The van der Waals surface area contributed by atoms with Crippen LogP contribution in [0.3, 0.4) is 0 Å². The molecule has 0 fully saturated rings. The number of halogens is 4. The third kappa shape index (κ3) is 3.88. The van der Waals surface area contributed by atoms with Gasteiger partial charge in [0.05, 0.1) is 8.95 Å². The van der Waals surface area contributed by atoms with Crippen molar-refractivity contribution in [2.75, 3.05) is 5.73 Å². The van der Waals surface area contributed by atoms with Crippen LogP contribution in [-0.4, -0.2) is 0 Å². The minimum atomic E-state index is 0.373. The summed E-state index contributed by atoms with van der Waals surface area (Å²) in [6.07, 6.45) is 0. The van der Waals surface area contributed by atoms with Crippen molar-refractivity contribution in [2.45, 2.75) is 6.61 Å². The van der Waals surface area contributed by atoms with E-state index in [2.05, 4.69) is 47.8 Å². The lowest BCUT2D eigenvalue weighted by atomic mass is 10.2. The van der Waals surface area contributed by atoms with Crippen molar-refractivity contribution < 1.29 is 4.74 Å². The molecule has 2 rings (SSSR count). The minimum Gasteiger partial charge on any atom is -0.486 e. The average Bonchev–Trinajstić information content (AvgIpc) is 2.30. The molecule has 0 saturated heterocycles. The van der Waals surface area contributed by atoms with Crippen molar-refractivity contribution in [1.29, 1.82) is 0 Å². The predicted molar refractivity (Wildman–Crippen MR) is 89.7 cm³/mol. The van der Waals surface area contributed by atoms with Crippen molar-refractivity contribution >= 4 is 65.1 Å². The largest absolute Gasteiger partial charge is 0.486 e. The fourth-order valence-corrected chi connectivity index (χ4v) is 4.23. The summed E-state index contributed by atoms with van der Waals surface area (Å²) in [4.78, 5) is 0. The topological polar surface area (TPSA) is 35.2 Å². The standard InChI is InChI=1S/C13H9Br3ClNO/c14-8-3-10(15)13(11(16)4-8)19-6-7-1-2-9(18)5-12(7)17/h1-5H,6,18H2. The Morgan fingerprint density at radius 2 is 1.68 bits per heavy atom. The Kier molecular flexibility index (Phi) is 5.17. The summed E-state index contributed by atoms with van der Waals surface area (Å²) in [7, 11) is 0. The summed E-state index contributed by atoms with van der Waals surface area (Å²) in [6.45, 7) is 0.373. The molecule has 2 aromatic carbocycles. The second-order valence-electron chi connectivity index (χ2n) is 3.84. The van der Waals surface area contributed by atoms with Crippen molar-refractivity contribution in [1.82, 2.24) is 0 Å². The van der Waals surface area contributed by atoms with Crippen molar-refractivity contribution in [3.05, 3.63) is 54.3 Å². The zero-order valence-electron chi connectivity index (χ0n) is 9.59. The van der Waals surface area contributed by atoms with Crippen LogP contribution in [0.1, 0.15) is 5.56 Å². The first kappa shape index (κ1) is 15.2. The molecule has 0 saturated carbocycles. The van der Waals surface area contributed by atoms with Crippen LogP contribution in [0, 0.1) is 0 Å².